The summed E-state index contributed by atoms with van der Waals surface area (Å²) in [5.74, 6) is -1.02. The molecule has 0 spiro atoms. The van der Waals surface area contributed by atoms with Crippen LogP contribution in [0.5, 0.6) is 0 Å². The number of hydrogen-bond donors (Lipinski definition) is 4. The van der Waals surface area contributed by atoms with E-state index in [1.165, 1.54) is 29.4 Å². The number of fused-ring (bicyclic) bond motifs is 1. The standard InChI is InChI=1S/C20H21F2N3O2S2.C2H6/c1-11-2-3-14(13(21)6-11)24-18-15(7-16-19(17(18)22)23-10-28-16)25-29-20(4-5-20)8-12(27)9-26;1-2/h2-3,6-7,10,12,24-27H,4-5,8-9H2,1H3;1-2H3. The highest BCUT2D eigenvalue weighted by molar-refractivity contribution is 8.02. The fraction of sp³-hybridized carbons (Fsp3) is 0.409. The van der Waals surface area contributed by atoms with Crippen LogP contribution in [0.25, 0.3) is 10.2 Å². The number of rotatable bonds is 8. The van der Waals surface area contributed by atoms with Crippen molar-refractivity contribution in [1.29, 1.82) is 0 Å². The lowest BCUT2D eigenvalue weighted by atomic mass is 10.2. The van der Waals surface area contributed by atoms with Crippen molar-refractivity contribution < 1.29 is 19.0 Å². The Kier molecular flexibility index (Phi) is 7.74. The molecule has 5 nitrogen and oxygen atoms in total. The van der Waals surface area contributed by atoms with Crippen LogP contribution < -0.4 is 10.0 Å². The van der Waals surface area contributed by atoms with Gasteiger partial charge in [-0.05, 0) is 61.9 Å². The first-order valence-electron chi connectivity index (χ1n) is 10.2. The second-order valence-electron chi connectivity index (χ2n) is 7.35. The van der Waals surface area contributed by atoms with Crippen molar-refractivity contribution >= 4 is 50.6 Å². The van der Waals surface area contributed by atoms with Crippen molar-refractivity contribution in [3.63, 3.8) is 0 Å². The molecule has 4 rings (SSSR count). The van der Waals surface area contributed by atoms with Crippen LogP contribution in [0.15, 0.2) is 29.8 Å². The molecule has 0 bridgehead atoms. The average Bonchev–Trinajstić information content (AvgIpc) is 3.35. The Hall–Kier alpha value is -1.94. The van der Waals surface area contributed by atoms with Gasteiger partial charge in [0.15, 0.2) is 5.82 Å². The quantitative estimate of drug-likeness (QED) is 0.305. The second-order valence-corrected chi connectivity index (χ2v) is 9.51. The number of nitrogens with zero attached hydrogens (tertiary/aromatic N) is 1. The summed E-state index contributed by atoms with van der Waals surface area (Å²) in [4.78, 5) is 4.08. The normalized spacial score (nSPS) is 15.2. The van der Waals surface area contributed by atoms with Gasteiger partial charge in [0.2, 0.25) is 0 Å². The molecule has 31 heavy (non-hydrogen) atoms. The Bertz CT molecular complexity index is 1040. The van der Waals surface area contributed by atoms with Crippen LogP contribution in [0.4, 0.5) is 25.8 Å². The van der Waals surface area contributed by atoms with Crippen molar-refractivity contribution in [3.05, 3.63) is 47.0 Å². The van der Waals surface area contributed by atoms with Crippen molar-refractivity contribution in [2.24, 2.45) is 0 Å². The fourth-order valence-electron chi connectivity index (χ4n) is 3.17. The third kappa shape index (κ3) is 5.46. The zero-order valence-corrected chi connectivity index (χ0v) is 19.3. The molecule has 1 aromatic heterocycles. The minimum atomic E-state index is -0.785. The van der Waals surface area contributed by atoms with E-state index in [-0.39, 0.29) is 28.2 Å². The molecule has 1 atom stereocenters. The number of aromatic nitrogens is 1. The molecule has 1 aliphatic carbocycles. The van der Waals surface area contributed by atoms with Crippen molar-refractivity contribution in [3.8, 4) is 0 Å². The number of hydrogen-bond acceptors (Lipinski definition) is 7. The first-order valence-corrected chi connectivity index (χ1v) is 11.9. The minimum absolute atomic E-state index is 0.122. The molecular weight excluding hydrogens is 440 g/mol. The molecule has 168 valence electrons. The summed E-state index contributed by atoms with van der Waals surface area (Å²) in [7, 11) is 0. The summed E-state index contributed by atoms with van der Waals surface area (Å²) in [6.45, 7) is 5.50. The van der Waals surface area contributed by atoms with Crippen LogP contribution in [0.3, 0.4) is 0 Å². The summed E-state index contributed by atoms with van der Waals surface area (Å²) in [5.41, 5.74) is 3.36. The van der Waals surface area contributed by atoms with Gasteiger partial charge in [-0.15, -0.1) is 11.3 Å². The number of aryl methyl sites for hydroxylation is 1. The maximum absolute atomic E-state index is 15.2. The molecule has 0 aliphatic heterocycles. The molecule has 1 fully saturated rings. The Morgan fingerprint density at radius 3 is 2.61 bits per heavy atom. The molecule has 3 aromatic rings. The third-order valence-corrected chi connectivity index (χ3v) is 7.06. The van der Waals surface area contributed by atoms with E-state index in [2.05, 4.69) is 15.0 Å². The first-order chi connectivity index (χ1) is 14.9. The Balaban J connectivity index is 0.00000132. The van der Waals surface area contributed by atoms with Gasteiger partial charge >= 0.3 is 0 Å². The molecule has 0 radical (unpaired) electrons. The van der Waals surface area contributed by atoms with E-state index >= 15 is 4.39 Å². The van der Waals surface area contributed by atoms with Crippen molar-refractivity contribution in [2.45, 2.75) is 50.9 Å². The number of halogens is 2. The molecule has 1 heterocycles. The molecule has 0 amide bonds. The first kappa shape index (κ1) is 23.7. The van der Waals surface area contributed by atoms with Crippen LogP contribution in [-0.4, -0.2) is 32.7 Å². The van der Waals surface area contributed by atoms with Crippen molar-refractivity contribution in [1.82, 2.24) is 4.98 Å². The second kappa shape index (κ2) is 10.1. The van der Waals surface area contributed by atoms with Gasteiger partial charge in [0.05, 0.1) is 34.3 Å². The van der Waals surface area contributed by atoms with Crippen LogP contribution in [0.2, 0.25) is 0 Å². The smallest absolute Gasteiger partial charge is 0.175 e. The highest BCUT2D eigenvalue weighted by Crippen LogP contribution is 2.52. The molecule has 4 N–H and O–H groups in total. The van der Waals surface area contributed by atoms with E-state index in [9.17, 15) is 9.50 Å². The minimum Gasteiger partial charge on any atom is -0.394 e. The number of anilines is 3. The number of aliphatic hydroxyl groups is 2. The lowest BCUT2D eigenvalue weighted by Crippen LogP contribution is -2.21. The summed E-state index contributed by atoms with van der Waals surface area (Å²) in [5, 5.41) is 21.8. The van der Waals surface area contributed by atoms with Crippen molar-refractivity contribution in [2.75, 3.05) is 16.6 Å². The van der Waals surface area contributed by atoms with E-state index < -0.39 is 17.7 Å². The van der Waals surface area contributed by atoms with Crippen LogP contribution >= 0.6 is 23.3 Å². The maximum atomic E-state index is 15.2. The molecule has 1 saturated carbocycles. The van der Waals surface area contributed by atoms with Crippen LogP contribution in [0.1, 0.15) is 38.7 Å². The maximum Gasteiger partial charge on any atom is 0.175 e. The molecule has 2 aromatic carbocycles. The SMILES string of the molecule is CC.Cc1ccc(Nc2c(NSC3(CC(O)CO)CC3)cc3scnc3c2F)c(F)c1. The van der Waals surface area contributed by atoms with Gasteiger partial charge in [-0.3, -0.25) is 0 Å². The molecule has 9 heteroatoms. The van der Waals surface area contributed by atoms with Gasteiger partial charge in [0, 0.05) is 4.75 Å². The zero-order valence-electron chi connectivity index (χ0n) is 17.7. The molecule has 1 aliphatic rings. The average molecular weight is 468 g/mol. The van der Waals surface area contributed by atoms with E-state index in [1.807, 2.05) is 13.8 Å². The van der Waals surface area contributed by atoms with Gasteiger partial charge in [0.25, 0.3) is 0 Å². The summed E-state index contributed by atoms with van der Waals surface area (Å²) >= 11 is 2.72. The Labute approximate surface area is 189 Å². The van der Waals surface area contributed by atoms with E-state index in [1.54, 1.807) is 30.6 Å². The molecule has 0 saturated heterocycles. The third-order valence-electron chi connectivity index (χ3n) is 4.95. The van der Waals surface area contributed by atoms with Gasteiger partial charge < -0.3 is 20.3 Å². The van der Waals surface area contributed by atoms with Crippen LogP contribution in [-0.2, 0) is 0 Å². The Morgan fingerprint density at radius 1 is 1.23 bits per heavy atom. The van der Waals surface area contributed by atoms with E-state index in [0.717, 1.165) is 18.4 Å². The summed E-state index contributed by atoms with van der Waals surface area (Å²) in [6, 6.07) is 6.50. The highest BCUT2D eigenvalue weighted by atomic mass is 32.2. The number of nitrogens with one attached hydrogen (secondary N) is 2. The van der Waals surface area contributed by atoms with E-state index in [0.29, 0.717) is 16.8 Å². The van der Waals surface area contributed by atoms with Gasteiger partial charge in [-0.1, -0.05) is 19.9 Å². The predicted octanol–water partition coefficient (Wildman–Crippen LogP) is 5.99. The van der Waals surface area contributed by atoms with E-state index in [4.69, 9.17) is 5.11 Å². The predicted molar refractivity (Wildman–Crippen MR) is 126 cm³/mol. The van der Waals surface area contributed by atoms with Gasteiger partial charge in [0.1, 0.15) is 17.0 Å². The highest BCUT2D eigenvalue weighted by Gasteiger charge is 2.45. The number of benzene rings is 2. The van der Waals surface area contributed by atoms with Crippen LogP contribution in [0, 0.1) is 18.6 Å². The molecule has 1 unspecified atom stereocenters. The van der Waals surface area contributed by atoms with Gasteiger partial charge in [-0.2, -0.15) is 0 Å². The lowest BCUT2D eigenvalue weighted by Gasteiger charge is -2.20. The monoisotopic (exact) mass is 467 g/mol. The summed E-state index contributed by atoms with van der Waals surface area (Å²) in [6.07, 6.45) is 1.44. The summed E-state index contributed by atoms with van der Waals surface area (Å²) < 4.78 is 33.2. The number of aliphatic hydroxyl groups excluding tert-OH is 2. The topological polar surface area (TPSA) is 77.4 Å². The zero-order chi connectivity index (χ0) is 22.6. The number of thiazole rings is 1. The fourth-order valence-corrected chi connectivity index (χ4v) is 4.95. The lowest BCUT2D eigenvalue weighted by molar-refractivity contribution is 0.0865. The largest absolute Gasteiger partial charge is 0.394 e. The molecular formula is C22H27F2N3O2S2. The van der Waals surface area contributed by atoms with Gasteiger partial charge in [-0.25, -0.2) is 13.8 Å². The Morgan fingerprint density at radius 2 is 1.97 bits per heavy atom.